The predicted molar refractivity (Wildman–Crippen MR) is 143 cm³/mol. The molecule has 0 atom stereocenters. The molecule has 1 aromatic heterocycles. The highest BCUT2D eigenvalue weighted by atomic mass is 32.1. The number of nitro benzene ring substituents is 1. The van der Waals surface area contributed by atoms with Gasteiger partial charge in [-0.3, -0.25) is 20.2 Å². The summed E-state index contributed by atoms with van der Waals surface area (Å²) < 4.78 is 5.37. The molecule has 0 radical (unpaired) electrons. The smallest absolute Gasteiger partial charge is 0.270 e. The van der Waals surface area contributed by atoms with Crippen LogP contribution in [0.4, 0.5) is 17.1 Å². The summed E-state index contributed by atoms with van der Waals surface area (Å²) in [7, 11) is 0. The molecule has 0 spiro atoms. The van der Waals surface area contributed by atoms with E-state index in [2.05, 4.69) is 20.6 Å². The normalized spacial score (nSPS) is 13.4. The van der Waals surface area contributed by atoms with Gasteiger partial charge in [-0.1, -0.05) is 12.1 Å². The summed E-state index contributed by atoms with van der Waals surface area (Å²) in [5, 5.41) is 27.3. The molecule has 188 valence electrons. The van der Waals surface area contributed by atoms with Gasteiger partial charge in [0.2, 0.25) is 0 Å². The third kappa shape index (κ3) is 5.20. The minimum absolute atomic E-state index is 0.0275. The van der Waals surface area contributed by atoms with Crippen LogP contribution in [0.3, 0.4) is 0 Å². The molecule has 0 saturated carbocycles. The van der Waals surface area contributed by atoms with Crippen molar-refractivity contribution in [1.82, 2.24) is 15.3 Å². The number of H-pyrrole nitrogens is 1. The van der Waals surface area contributed by atoms with Crippen LogP contribution in [0.1, 0.15) is 10.4 Å². The average Bonchev–Trinajstić information content (AvgIpc) is 3.32. The average molecular weight is 519 g/mol. The Morgan fingerprint density at radius 3 is 2.65 bits per heavy atom. The number of hydrogen-bond donors (Lipinski definition) is 4. The molecule has 37 heavy (non-hydrogen) atoms. The zero-order chi connectivity index (χ0) is 25.9. The molecule has 1 fully saturated rings. The number of aromatic amines is 1. The summed E-state index contributed by atoms with van der Waals surface area (Å²) in [6.45, 7) is 2.09. The van der Waals surface area contributed by atoms with Gasteiger partial charge in [0.25, 0.3) is 11.6 Å². The highest BCUT2D eigenvalue weighted by Crippen LogP contribution is 2.31. The fourth-order valence-electron chi connectivity index (χ4n) is 4.12. The Kier molecular flexibility index (Phi) is 6.66. The van der Waals surface area contributed by atoms with Crippen LogP contribution < -0.4 is 15.5 Å². The first-order valence-corrected chi connectivity index (χ1v) is 11.8. The van der Waals surface area contributed by atoms with Crippen LogP contribution >= 0.6 is 12.2 Å². The van der Waals surface area contributed by atoms with Gasteiger partial charge in [-0.05, 0) is 42.5 Å². The van der Waals surface area contributed by atoms with Gasteiger partial charge in [-0.2, -0.15) is 0 Å². The van der Waals surface area contributed by atoms with Crippen LogP contribution in [0, 0.1) is 10.1 Å². The first kappa shape index (κ1) is 24.2. The van der Waals surface area contributed by atoms with Crippen LogP contribution in [0.2, 0.25) is 0 Å². The van der Waals surface area contributed by atoms with E-state index in [9.17, 15) is 20.0 Å². The molecule has 12 heteroatoms. The summed E-state index contributed by atoms with van der Waals surface area (Å²) in [6, 6.07) is 16.5. The maximum Gasteiger partial charge on any atom is 0.270 e. The molecule has 0 aliphatic carbocycles. The van der Waals surface area contributed by atoms with Crippen molar-refractivity contribution in [3.05, 3.63) is 76.3 Å². The molecule has 1 aliphatic heterocycles. The SMILES string of the molecule is O=C(NC(=S)Nc1ccc(-c2nc3ccccc3[nH]2)c(O)c1)c1cc([N+](=O)[O-])ccc1N1CCOCC1. The Bertz CT molecular complexity index is 1480. The highest BCUT2D eigenvalue weighted by molar-refractivity contribution is 7.80. The Morgan fingerprint density at radius 1 is 1.14 bits per heavy atom. The molecule has 4 N–H and O–H groups in total. The monoisotopic (exact) mass is 518 g/mol. The Labute approximate surface area is 216 Å². The van der Waals surface area contributed by atoms with E-state index < -0.39 is 10.8 Å². The molecule has 1 saturated heterocycles. The Hall–Kier alpha value is -4.55. The third-order valence-electron chi connectivity index (χ3n) is 5.91. The molecular weight excluding hydrogens is 496 g/mol. The number of thiocarbonyl (C=S) groups is 1. The molecule has 4 aromatic rings. The highest BCUT2D eigenvalue weighted by Gasteiger charge is 2.23. The molecular formula is C25H22N6O5S. The number of para-hydroxylation sites is 2. The van der Waals surface area contributed by atoms with Crippen molar-refractivity contribution >= 4 is 51.3 Å². The second-order valence-electron chi connectivity index (χ2n) is 8.30. The van der Waals surface area contributed by atoms with E-state index >= 15 is 0 Å². The maximum atomic E-state index is 13.1. The number of phenolic OH excluding ortho intramolecular Hbond substituents is 1. The van der Waals surface area contributed by atoms with Crippen molar-refractivity contribution < 1.29 is 19.6 Å². The van der Waals surface area contributed by atoms with Crippen molar-refractivity contribution in [2.75, 3.05) is 36.5 Å². The Balaban J connectivity index is 1.32. The number of aromatic nitrogens is 2. The van der Waals surface area contributed by atoms with E-state index in [1.54, 1.807) is 18.2 Å². The van der Waals surface area contributed by atoms with E-state index in [-0.39, 0.29) is 22.1 Å². The number of imidazole rings is 1. The standard InChI is InChI=1S/C25H22N6O5S/c32-22-13-15(5-7-17(22)23-27-19-3-1-2-4-20(19)28-23)26-25(37)29-24(33)18-14-16(31(34)35)6-8-21(18)30-9-11-36-12-10-30/h1-8,13-14,32H,9-12H2,(H,27,28)(H2,26,29,33,37). The zero-order valence-electron chi connectivity index (χ0n) is 19.4. The number of carbonyl (C=O) groups is 1. The van der Waals surface area contributed by atoms with E-state index in [0.29, 0.717) is 49.1 Å². The number of morpholine rings is 1. The lowest BCUT2D eigenvalue weighted by molar-refractivity contribution is -0.384. The van der Waals surface area contributed by atoms with Gasteiger partial charge in [0.1, 0.15) is 11.6 Å². The molecule has 3 aromatic carbocycles. The largest absolute Gasteiger partial charge is 0.507 e. The lowest BCUT2D eigenvalue weighted by atomic mass is 10.1. The number of fused-ring (bicyclic) bond motifs is 1. The van der Waals surface area contributed by atoms with Gasteiger partial charge in [0.15, 0.2) is 5.11 Å². The molecule has 11 nitrogen and oxygen atoms in total. The van der Waals surface area contributed by atoms with Crippen molar-refractivity contribution in [1.29, 1.82) is 0 Å². The number of nitrogens with one attached hydrogen (secondary N) is 3. The number of ether oxygens (including phenoxy) is 1. The summed E-state index contributed by atoms with van der Waals surface area (Å²) in [5.74, 6) is -0.111. The molecule has 5 rings (SSSR count). The van der Waals surface area contributed by atoms with Gasteiger partial charge >= 0.3 is 0 Å². The van der Waals surface area contributed by atoms with E-state index in [1.165, 1.54) is 18.2 Å². The van der Waals surface area contributed by atoms with Gasteiger partial charge in [-0.15, -0.1) is 0 Å². The number of non-ortho nitro benzene ring substituents is 1. The summed E-state index contributed by atoms with van der Waals surface area (Å²) in [4.78, 5) is 33.5. The summed E-state index contributed by atoms with van der Waals surface area (Å²) in [6.07, 6.45) is 0. The molecule has 0 bridgehead atoms. The molecule has 1 aliphatic rings. The number of nitrogens with zero attached hydrogens (tertiary/aromatic N) is 3. The van der Waals surface area contributed by atoms with Crippen LogP contribution in [0.5, 0.6) is 5.75 Å². The number of amides is 1. The quantitative estimate of drug-likeness (QED) is 0.176. The lowest BCUT2D eigenvalue weighted by Gasteiger charge is -2.30. The predicted octanol–water partition coefficient (Wildman–Crippen LogP) is 3.81. The van der Waals surface area contributed by atoms with Crippen molar-refractivity contribution in [2.24, 2.45) is 0 Å². The number of rotatable bonds is 5. The fourth-order valence-corrected chi connectivity index (χ4v) is 4.33. The number of aromatic hydroxyl groups is 1. The molecule has 0 unspecified atom stereocenters. The summed E-state index contributed by atoms with van der Waals surface area (Å²) in [5.41, 5.74) is 3.05. The maximum absolute atomic E-state index is 13.1. The minimum atomic E-state index is -0.592. The van der Waals surface area contributed by atoms with Gasteiger partial charge in [0.05, 0.1) is 46.0 Å². The zero-order valence-corrected chi connectivity index (χ0v) is 20.2. The van der Waals surface area contributed by atoms with Crippen molar-refractivity contribution in [2.45, 2.75) is 0 Å². The lowest BCUT2D eigenvalue weighted by Crippen LogP contribution is -2.39. The number of anilines is 2. The Morgan fingerprint density at radius 2 is 1.92 bits per heavy atom. The summed E-state index contributed by atoms with van der Waals surface area (Å²) >= 11 is 5.30. The van der Waals surface area contributed by atoms with E-state index in [1.807, 2.05) is 29.2 Å². The van der Waals surface area contributed by atoms with Gasteiger partial charge in [0, 0.05) is 37.0 Å². The first-order chi connectivity index (χ1) is 17.9. The van der Waals surface area contributed by atoms with E-state index in [4.69, 9.17) is 17.0 Å². The van der Waals surface area contributed by atoms with Crippen LogP contribution in [0.15, 0.2) is 60.7 Å². The molecule has 1 amide bonds. The van der Waals surface area contributed by atoms with Crippen LogP contribution in [-0.4, -0.2) is 57.3 Å². The van der Waals surface area contributed by atoms with Gasteiger partial charge in [-0.25, -0.2) is 4.98 Å². The minimum Gasteiger partial charge on any atom is -0.507 e. The number of phenols is 1. The first-order valence-electron chi connectivity index (χ1n) is 11.4. The number of benzene rings is 3. The van der Waals surface area contributed by atoms with Gasteiger partial charge < -0.3 is 25.0 Å². The fraction of sp³-hybridized carbons (Fsp3) is 0.160. The van der Waals surface area contributed by atoms with Crippen LogP contribution in [0.25, 0.3) is 22.4 Å². The molecule has 2 heterocycles. The van der Waals surface area contributed by atoms with Crippen LogP contribution in [-0.2, 0) is 4.74 Å². The third-order valence-corrected chi connectivity index (χ3v) is 6.12. The number of hydrogen-bond acceptors (Lipinski definition) is 8. The number of carbonyl (C=O) groups excluding carboxylic acids is 1. The number of nitro groups is 1. The topological polar surface area (TPSA) is 146 Å². The van der Waals surface area contributed by atoms with E-state index in [0.717, 1.165) is 11.0 Å². The van der Waals surface area contributed by atoms with Crippen molar-refractivity contribution in [3.63, 3.8) is 0 Å². The second kappa shape index (κ2) is 10.2. The second-order valence-corrected chi connectivity index (χ2v) is 8.71. The van der Waals surface area contributed by atoms with Crippen molar-refractivity contribution in [3.8, 4) is 17.1 Å².